The van der Waals surface area contributed by atoms with Gasteiger partial charge in [-0.15, -0.1) is 0 Å². The molecule has 1 aliphatic heterocycles. The van der Waals surface area contributed by atoms with Crippen LogP contribution in [0, 0.1) is 0 Å². The van der Waals surface area contributed by atoms with Gasteiger partial charge in [-0.05, 0) is 37.2 Å². The minimum atomic E-state index is -0.487. The van der Waals surface area contributed by atoms with Gasteiger partial charge in [-0.25, -0.2) is 0 Å². The first-order valence-electron chi connectivity index (χ1n) is 8.04. The molecule has 1 unspecified atom stereocenters. The van der Waals surface area contributed by atoms with E-state index in [1.807, 2.05) is 18.2 Å². The molecule has 0 saturated carbocycles. The van der Waals surface area contributed by atoms with Crippen molar-refractivity contribution in [1.82, 2.24) is 4.90 Å². The predicted octanol–water partition coefficient (Wildman–Crippen LogP) is 3.00. The Balaban J connectivity index is 2.01. The lowest BCUT2D eigenvalue weighted by molar-refractivity contribution is 0.115. The van der Waals surface area contributed by atoms with Crippen molar-refractivity contribution in [2.75, 3.05) is 32.8 Å². The molecular formula is C17H27NO3. The second kappa shape index (κ2) is 8.25. The summed E-state index contributed by atoms with van der Waals surface area (Å²) >= 11 is 0. The summed E-state index contributed by atoms with van der Waals surface area (Å²) in [6.07, 6.45) is 2.75. The van der Waals surface area contributed by atoms with Crippen LogP contribution in [-0.2, 0) is 0 Å². The third-order valence-electron chi connectivity index (χ3n) is 3.86. The van der Waals surface area contributed by atoms with Crippen LogP contribution >= 0.6 is 0 Å². The zero-order valence-corrected chi connectivity index (χ0v) is 13.2. The Bertz CT molecular complexity index is 436. The SMILES string of the molecule is CCCCN(CC)CC(O)c1ccc2c(c1)OCCCO2. The van der Waals surface area contributed by atoms with E-state index in [0.717, 1.165) is 36.6 Å². The Kier molecular flexibility index (Phi) is 6.33. The lowest BCUT2D eigenvalue weighted by Crippen LogP contribution is -2.29. The molecule has 4 heteroatoms. The number of hydrogen-bond donors (Lipinski definition) is 1. The highest BCUT2D eigenvalue weighted by atomic mass is 16.5. The van der Waals surface area contributed by atoms with Crippen LogP contribution < -0.4 is 9.47 Å². The highest BCUT2D eigenvalue weighted by Crippen LogP contribution is 2.32. The van der Waals surface area contributed by atoms with Gasteiger partial charge < -0.3 is 19.5 Å². The summed E-state index contributed by atoms with van der Waals surface area (Å²) in [5.41, 5.74) is 0.897. The van der Waals surface area contributed by atoms with E-state index >= 15 is 0 Å². The van der Waals surface area contributed by atoms with Gasteiger partial charge in [0.15, 0.2) is 11.5 Å². The molecule has 0 fully saturated rings. The first kappa shape index (κ1) is 16.1. The van der Waals surface area contributed by atoms with Crippen molar-refractivity contribution < 1.29 is 14.6 Å². The van der Waals surface area contributed by atoms with Gasteiger partial charge in [0.25, 0.3) is 0 Å². The van der Waals surface area contributed by atoms with Crippen LogP contribution in [0.1, 0.15) is 44.8 Å². The Morgan fingerprint density at radius 2 is 1.95 bits per heavy atom. The van der Waals surface area contributed by atoms with Gasteiger partial charge in [-0.3, -0.25) is 0 Å². The largest absolute Gasteiger partial charge is 0.490 e. The third kappa shape index (κ3) is 4.61. The van der Waals surface area contributed by atoms with Crippen LogP contribution in [0.3, 0.4) is 0 Å². The van der Waals surface area contributed by atoms with Gasteiger partial charge >= 0.3 is 0 Å². The average molecular weight is 293 g/mol. The number of rotatable bonds is 7. The van der Waals surface area contributed by atoms with E-state index in [0.29, 0.717) is 19.8 Å². The lowest BCUT2D eigenvalue weighted by Gasteiger charge is -2.24. The minimum absolute atomic E-state index is 0.487. The molecule has 0 amide bonds. The molecule has 1 atom stereocenters. The highest BCUT2D eigenvalue weighted by Gasteiger charge is 2.16. The summed E-state index contributed by atoms with van der Waals surface area (Å²) in [7, 11) is 0. The lowest BCUT2D eigenvalue weighted by atomic mass is 10.1. The molecule has 1 aromatic rings. The van der Waals surface area contributed by atoms with Gasteiger partial charge in [0.2, 0.25) is 0 Å². The first-order valence-corrected chi connectivity index (χ1v) is 8.04. The Morgan fingerprint density at radius 3 is 2.67 bits per heavy atom. The maximum Gasteiger partial charge on any atom is 0.161 e. The average Bonchev–Trinajstić information content (AvgIpc) is 2.75. The highest BCUT2D eigenvalue weighted by molar-refractivity contribution is 5.44. The van der Waals surface area contributed by atoms with Crippen molar-refractivity contribution in [3.05, 3.63) is 23.8 Å². The summed E-state index contributed by atoms with van der Waals surface area (Å²) in [5.74, 6) is 1.53. The molecule has 0 spiro atoms. The van der Waals surface area contributed by atoms with Gasteiger partial charge in [0.1, 0.15) is 0 Å². The zero-order valence-electron chi connectivity index (χ0n) is 13.2. The Hall–Kier alpha value is -1.26. The number of benzene rings is 1. The van der Waals surface area contributed by atoms with E-state index in [9.17, 15) is 5.11 Å². The normalized spacial score (nSPS) is 15.8. The van der Waals surface area contributed by atoms with E-state index in [1.54, 1.807) is 0 Å². The first-order chi connectivity index (χ1) is 10.2. The molecule has 118 valence electrons. The molecule has 1 heterocycles. The maximum atomic E-state index is 10.5. The van der Waals surface area contributed by atoms with E-state index in [2.05, 4.69) is 18.7 Å². The fourth-order valence-corrected chi connectivity index (χ4v) is 2.50. The van der Waals surface area contributed by atoms with Crippen LogP contribution in [-0.4, -0.2) is 42.9 Å². The number of fused-ring (bicyclic) bond motifs is 1. The minimum Gasteiger partial charge on any atom is -0.490 e. The molecule has 0 saturated heterocycles. The van der Waals surface area contributed by atoms with Crippen molar-refractivity contribution in [2.24, 2.45) is 0 Å². The fraction of sp³-hybridized carbons (Fsp3) is 0.647. The number of nitrogens with zero attached hydrogens (tertiary/aromatic N) is 1. The second-order valence-electron chi connectivity index (χ2n) is 5.52. The number of aliphatic hydroxyl groups excluding tert-OH is 1. The number of unbranched alkanes of at least 4 members (excludes halogenated alkanes) is 1. The van der Waals surface area contributed by atoms with E-state index in [-0.39, 0.29) is 0 Å². The predicted molar refractivity (Wildman–Crippen MR) is 84.0 cm³/mol. The van der Waals surface area contributed by atoms with Crippen LogP contribution in [0.2, 0.25) is 0 Å². The summed E-state index contributed by atoms with van der Waals surface area (Å²) in [5, 5.41) is 10.5. The van der Waals surface area contributed by atoms with Crippen LogP contribution in [0.5, 0.6) is 11.5 Å². The summed E-state index contributed by atoms with van der Waals surface area (Å²) < 4.78 is 11.3. The third-order valence-corrected chi connectivity index (χ3v) is 3.86. The molecule has 21 heavy (non-hydrogen) atoms. The van der Waals surface area contributed by atoms with Crippen LogP contribution in [0.15, 0.2) is 18.2 Å². The van der Waals surface area contributed by atoms with Crippen molar-refractivity contribution >= 4 is 0 Å². The fourth-order valence-electron chi connectivity index (χ4n) is 2.50. The summed E-state index contributed by atoms with van der Waals surface area (Å²) in [6, 6.07) is 5.76. The molecule has 0 radical (unpaired) electrons. The smallest absolute Gasteiger partial charge is 0.161 e. The number of ether oxygens (including phenoxy) is 2. The van der Waals surface area contributed by atoms with Crippen LogP contribution in [0.4, 0.5) is 0 Å². The van der Waals surface area contributed by atoms with Gasteiger partial charge in [-0.1, -0.05) is 26.3 Å². The second-order valence-corrected chi connectivity index (χ2v) is 5.52. The molecule has 2 rings (SSSR count). The maximum absolute atomic E-state index is 10.5. The van der Waals surface area contributed by atoms with Crippen molar-refractivity contribution in [3.8, 4) is 11.5 Å². The molecule has 0 aromatic heterocycles. The zero-order chi connectivity index (χ0) is 15.1. The van der Waals surface area contributed by atoms with Gasteiger partial charge in [0.05, 0.1) is 19.3 Å². The van der Waals surface area contributed by atoms with Gasteiger partial charge in [-0.2, -0.15) is 0 Å². The van der Waals surface area contributed by atoms with E-state index in [1.165, 1.54) is 12.8 Å². The number of aliphatic hydroxyl groups is 1. The van der Waals surface area contributed by atoms with E-state index < -0.39 is 6.10 Å². The molecule has 4 nitrogen and oxygen atoms in total. The summed E-state index contributed by atoms with van der Waals surface area (Å²) in [4.78, 5) is 2.29. The Labute approximate surface area is 127 Å². The molecule has 0 bridgehead atoms. The molecule has 1 N–H and O–H groups in total. The monoisotopic (exact) mass is 293 g/mol. The molecular weight excluding hydrogens is 266 g/mol. The molecule has 0 aliphatic carbocycles. The Morgan fingerprint density at radius 1 is 1.19 bits per heavy atom. The molecule has 1 aliphatic rings. The van der Waals surface area contributed by atoms with E-state index in [4.69, 9.17) is 9.47 Å². The number of hydrogen-bond acceptors (Lipinski definition) is 4. The molecule has 1 aromatic carbocycles. The van der Waals surface area contributed by atoms with Crippen LogP contribution in [0.25, 0.3) is 0 Å². The summed E-state index contributed by atoms with van der Waals surface area (Å²) in [6.45, 7) is 8.34. The standard InChI is InChI=1S/C17H27NO3/c1-3-5-9-18(4-2)13-15(19)14-7-8-16-17(12-14)21-11-6-10-20-16/h7-8,12,15,19H,3-6,9-11,13H2,1-2H3. The quantitative estimate of drug-likeness (QED) is 0.839. The number of likely N-dealkylation sites (N-methyl/N-ethyl adjacent to an activating group) is 1. The van der Waals surface area contributed by atoms with Crippen molar-refractivity contribution in [2.45, 2.75) is 39.2 Å². The van der Waals surface area contributed by atoms with Crippen molar-refractivity contribution in [3.63, 3.8) is 0 Å². The topological polar surface area (TPSA) is 41.9 Å². The van der Waals surface area contributed by atoms with Crippen molar-refractivity contribution in [1.29, 1.82) is 0 Å². The van der Waals surface area contributed by atoms with Gasteiger partial charge in [0, 0.05) is 13.0 Å².